The van der Waals surface area contributed by atoms with Gasteiger partial charge in [-0.25, -0.2) is 9.59 Å². The lowest BCUT2D eigenvalue weighted by atomic mass is 10.1. The van der Waals surface area contributed by atoms with E-state index in [1.54, 1.807) is 18.2 Å². The lowest BCUT2D eigenvalue weighted by molar-refractivity contribution is -0.119. The summed E-state index contributed by atoms with van der Waals surface area (Å²) in [6, 6.07) is 10.8. The zero-order valence-electron chi connectivity index (χ0n) is 16.5. The Labute approximate surface area is 168 Å². The molecule has 0 heterocycles. The van der Waals surface area contributed by atoms with Crippen LogP contribution in [0.1, 0.15) is 34.6 Å². The van der Waals surface area contributed by atoms with Crippen molar-refractivity contribution in [2.75, 3.05) is 32.2 Å². The van der Waals surface area contributed by atoms with E-state index in [1.807, 2.05) is 13.8 Å². The van der Waals surface area contributed by atoms with Crippen LogP contribution in [0, 0.1) is 0 Å². The Kier molecular flexibility index (Phi) is 8.02. The average molecular weight is 401 g/mol. The number of hydrogen-bond acceptors (Lipinski definition) is 7. The zero-order chi connectivity index (χ0) is 21.2. The Morgan fingerprint density at radius 3 is 2.07 bits per heavy atom. The van der Waals surface area contributed by atoms with Crippen LogP contribution >= 0.6 is 0 Å². The van der Waals surface area contributed by atoms with Crippen molar-refractivity contribution in [3.05, 3.63) is 53.6 Å². The fraction of sp³-hybridized carbons (Fsp3) is 0.286. The van der Waals surface area contributed by atoms with E-state index in [-0.39, 0.29) is 5.56 Å². The third kappa shape index (κ3) is 6.24. The lowest BCUT2D eigenvalue weighted by Gasteiger charge is -2.13. The van der Waals surface area contributed by atoms with E-state index in [4.69, 9.17) is 14.2 Å². The van der Waals surface area contributed by atoms with Gasteiger partial charge in [0.25, 0.3) is 5.91 Å². The maximum Gasteiger partial charge on any atom is 0.338 e. The molecule has 0 aliphatic rings. The minimum absolute atomic E-state index is 0.207. The first-order valence-electron chi connectivity index (χ1n) is 9.03. The van der Waals surface area contributed by atoms with E-state index in [0.29, 0.717) is 36.0 Å². The van der Waals surface area contributed by atoms with Crippen molar-refractivity contribution in [2.24, 2.45) is 0 Å². The van der Waals surface area contributed by atoms with Crippen molar-refractivity contribution in [1.29, 1.82) is 0 Å². The van der Waals surface area contributed by atoms with Crippen LogP contribution in [0.3, 0.4) is 0 Å². The van der Waals surface area contributed by atoms with E-state index < -0.39 is 24.5 Å². The first kappa shape index (κ1) is 21.7. The largest absolute Gasteiger partial charge is 0.494 e. The molecule has 0 spiro atoms. The highest BCUT2D eigenvalue weighted by Crippen LogP contribution is 2.29. The van der Waals surface area contributed by atoms with Crippen LogP contribution in [0.4, 0.5) is 5.69 Å². The van der Waals surface area contributed by atoms with Crippen LogP contribution in [-0.4, -0.2) is 44.8 Å². The van der Waals surface area contributed by atoms with Gasteiger partial charge >= 0.3 is 11.9 Å². The van der Waals surface area contributed by atoms with Gasteiger partial charge in [-0.1, -0.05) is 0 Å². The monoisotopic (exact) mass is 401 g/mol. The quantitative estimate of drug-likeness (QED) is 0.645. The number of hydrogen-bond donors (Lipinski definition) is 1. The van der Waals surface area contributed by atoms with Gasteiger partial charge in [-0.15, -0.1) is 0 Å². The molecule has 29 heavy (non-hydrogen) atoms. The van der Waals surface area contributed by atoms with E-state index in [0.717, 1.165) is 0 Å². The highest BCUT2D eigenvalue weighted by molar-refractivity contribution is 5.97. The topological polar surface area (TPSA) is 100 Å². The number of esters is 2. The fourth-order valence-corrected chi connectivity index (χ4v) is 2.41. The zero-order valence-corrected chi connectivity index (χ0v) is 16.5. The second-order valence-corrected chi connectivity index (χ2v) is 5.72. The molecule has 0 aliphatic carbocycles. The normalized spacial score (nSPS) is 10.0. The summed E-state index contributed by atoms with van der Waals surface area (Å²) < 4.78 is 20.5. The molecule has 0 saturated heterocycles. The lowest BCUT2D eigenvalue weighted by Crippen LogP contribution is -2.21. The van der Waals surface area contributed by atoms with Gasteiger partial charge in [0.05, 0.1) is 37.1 Å². The van der Waals surface area contributed by atoms with Crippen LogP contribution in [0.15, 0.2) is 42.5 Å². The SMILES string of the molecule is CCOc1ccc(OCC)c(NC(=O)COC(=O)c2ccc(C(=O)OC)cc2)c1. The molecule has 2 rings (SSSR count). The summed E-state index contributed by atoms with van der Waals surface area (Å²) in [5.41, 5.74) is 0.930. The number of anilines is 1. The average Bonchev–Trinajstić information content (AvgIpc) is 2.73. The van der Waals surface area contributed by atoms with Crippen LogP contribution in [0.2, 0.25) is 0 Å². The Hall–Kier alpha value is -3.55. The number of amides is 1. The van der Waals surface area contributed by atoms with Gasteiger partial charge in [0.15, 0.2) is 6.61 Å². The summed E-state index contributed by atoms with van der Waals surface area (Å²) in [6.45, 7) is 4.10. The molecule has 0 atom stereocenters. The standard InChI is InChI=1S/C21H23NO7/c1-4-27-16-10-11-18(28-5-2)17(12-16)22-19(23)13-29-21(25)15-8-6-14(7-9-15)20(24)26-3/h6-12H,4-5,13H2,1-3H3,(H,22,23). The van der Waals surface area contributed by atoms with E-state index >= 15 is 0 Å². The van der Waals surface area contributed by atoms with Crippen molar-refractivity contribution >= 4 is 23.5 Å². The molecule has 0 fully saturated rings. The van der Waals surface area contributed by atoms with Crippen molar-refractivity contribution in [1.82, 2.24) is 0 Å². The number of rotatable bonds is 9. The van der Waals surface area contributed by atoms with Gasteiger partial charge in [0.1, 0.15) is 11.5 Å². The predicted octanol–water partition coefficient (Wildman–Crippen LogP) is 3.07. The Balaban J connectivity index is 1.97. The van der Waals surface area contributed by atoms with Crippen LogP contribution in [0.5, 0.6) is 11.5 Å². The van der Waals surface area contributed by atoms with Crippen LogP contribution in [0.25, 0.3) is 0 Å². The Morgan fingerprint density at radius 2 is 1.48 bits per heavy atom. The second-order valence-electron chi connectivity index (χ2n) is 5.72. The molecule has 1 amide bonds. The van der Waals surface area contributed by atoms with Crippen molar-refractivity contribution in [2.45, 2.75) is 13.8 Å². The molecule has 0 aliphatic heterocycles. The maximum absolute atomic E-state index is 12.2. The first-order valence-corrected chi connectivity index (χ1v) is 9.03. The van der Waals surface area contributed by atoms with Gasteiger partial charge in [-0.3, -0.25) is 4.79 Å². The van der Waals surface area contributed by atoms with Crippen molar-refractivity contribution < 1.29 is 33.3 Å². The molecule has 2 aromatic rings. The van der Waals surface area contributed by atoms with Gasteiger partial charge in [0, 0.05) is 6.07 Å². The molecule has 154 valence electrons. The molecular weight excluding hydrogens is 378 g/mol. The molecule has 1 N–H and O–H groups in total. The Bertz CT molecular complexity index is 862. The van der Waals surface area contributed by atoms with Crippen LogP contribution in [-0.2, 0) is 14.3 Å². The van der Waals surface area contributed by atoms with Gasteiger partial charge in [0.2, 0.25) is 0 Å². The Morgan fingerprint density at radius 1 is 0.862 bits per heavy atom. The number of carbonyl (C=O) groups is 3. The predicted molar refractivity (Wildman–Crippen MR) is 105 cm³/mol. The number of ether oxygens (including phenoxy) is 4. The highest BCUT2D eigenvalue weighted by Gasteiger charge is 2.14. The number of nitrogens with one attached hydrogen (secondary N) is 1. The smallest absolute Gasteiger partial charge is 0.338 e. The van der Waals surface area contributed by atoms with E-state index in [2.05, 4.69) is 10.1 Å². The van der Waals surface area contributed by atoms with Crippen molar-refractivity contribution in [3.8, 4) is 11.5 Å². The van der Waals surface area contributed by atoms with E-state index in [1.165, 1.54) is 31.4 Å². The molecule has 0 radical (unpaired) electrons. The molecule has 0 bridgehead atoms. The summed E-state index contributed by atoms with van der Waals surface area (Å²) in [7, 11) is 1.27. The van der Waals surface area contributed by atoms with Crippen molar-refractivity contribution in [3.63, 3.8) is 0 Å². The van der Waals surface area contributed by atoms with E-state index in [9.17, 15) is 14.4 Å². The summed E-state index contributed by atoms with van der Waals surface area (Å²) in [6.07, 6.45) is 0. The molecule has 2 aromatic carbocycles. The molecule has 0 aromatic heterocycles. The van der Waals surface area contributed by atoms with Gasteiger partial charge < -0.3 is 24.3 Å². The van der Waals surface area contributed by atoms with Gasteiger partial charge in [-0.05, 0) is 50.2 Å². The third-order valence-corrected chi connectivity index (χ3v) is 3.71. The number of carbonyl (C=O) groups excluding carboxylic acids is 3. The molecule has 8 heteroatoms. The maximum atomic E-state index is 12.2. The third-order valence-electron chi connectivity index (χ3n) is 3.71. The molecular formula is C21H23NO7. The summed E-state index contributed by atoms with van der Waals surface area (Å²) >= 11 is 0. The first-order chi connectivity index (χ1) is 14.0. The fourth-order valence-electron chi connectivity index (χ4n) is 2.41. The number of methoxy groups -OCH3 is 1. The molecule has 0 unspecified atom stereocenters. The van der Waals surface area contributed by atoms with Gasteiger partial charge in [-0.2, -0.15) is 0 Å². The second kappa shape index (κ2) is 10.7. The number of benzene rings is 2. The minimum Gasteiger partial charge on any atom is -0.494 e. The summed E-state index contributed by atoms with van der Waals surface area (Å²) in [5, 5.41) is 2.65. The molecule has 8 nitrogen and oxygen atoms in total. The summed E-state index contributed by atoms with van der Waals surface area (Å²) in [5.74, 6) is -0.671. The minimum atomic E-state index is -0.690. The summed E-state index contributed by atoms with van der Waals surface area (Å²) in [4.78, 5) is 35.7. The highest BCUT2D eigenvalue weighted by atomic mass is 16.5. The molecule has 0 saturated carbocycles. The van der Waals surface area contributed by atoms with Crippen LogP contribution < -0.4 is 14.8 Å².